The van der Waals surface area contributed by atoms with Crippen molar-refractivity contribution in [2.45, 2.75) is 18.9 Å². The predicted molar refractivity (Wildman–Crippen MR) is 65.8 cm³/mol. The van der Waals surface area contributed by atoms with Gasteiger partial charge in [-0.15, -0.1) is 0 Å². The smallest absolute Gasteiger partial charge is 0.251 e. The summed E-state index contributed by atoms with van der Waals surface area (Å²) < 4.78 is 30.8. The van der Waals surface area contributed by atoms with Crippen molar-refractivity contribution in [2.75, 3.05) is 20.3 Å². The summed E-state index contributed by atoms with van der Waals surface area (Å²) in [6, 6.07) is 2.92. The molecule has 1 amide bonds. The third kappa shape index (κ3) is 4.25. The van der Waals surface area contributed by atoms with Crippen LogP contribution in [0.15, 0.2) is 18.2 Å². The molecule has 1 aromatic rings. The number of halogens is 2. The van der Waals surface area contributed by atoms with Crippen LogP contribution in [0.1, 0.15) is 23.7 Å². The molecular weight excluding hydrogens is 256 g/mol. The van der Waals surface area contributed by atoms with Gasteiger partial charge in [0.2, 0.25) is 0 Å². The summed E-state index contributed by atoms with van der Waals surface area (Å²) in [7, 11) is 1.47. The highest BCUT2D eigenvalue weighted by atomic mass is 19.2. The Hall–Kier alpha value is -1.53. The molecule has 0 saturated heterocycles. The summed E-state index contributed by atoms with van der Waals surface area (Å²) >= 11 is 0. The van der Waals surface area contributed by atoms with E-state index >= 15 is 0 Å². The summed E-state index contributed by atoms with van der Waals surface area (Å²) in [5.41, 5.74) is -0.759. The molecule has 0 heterocycles. The number of carbonyl (C=O) groups excluding carboxylic acids is 1. The Labute approximate surface area is 110 Å². The summed E-state index contributed by atoms with van der Waals surface area (Å²) in [6.07, 6.45) is 0.288. The van der Waals surface area contributed by atoms with Crippen LogP contribution < -0.4 is 5.32 Å². The van der Waals surface area contributed by atoms with Crippen molar-refractivity contribution >= 4 is 5.91 Å². The number of benzene rings is 1. The fourth-order valence-electron chi connectivity index (χ4n) is 1.72. The van der Waals surface area contributed by atoms with E-state index in [1.807, 2.05) is 0 Å². The highest BCUT2D eigenvalue weighted by Gasteiger charge is 2.26. The molecule has 0 spiro atoms. The Bertz CT molecular complexity index is 446. The first-order chi connectivity index (χ1) is 8.91. The monoisotopic (exact) mass is 273 g/mol. The van der Waals surface area contributed by atoms with Crippen LogP contribution in [-0.4, -0.2) is 36.9 Å². The molecule has 19 heavy (non-hydrogen) atoms. The second kappa shape index (κ2) is 6.58. The van der Waals surface area contributed by atoms with E-state index in [0.717, 1.165) is 12.1 Å². The number of ether oxygens (including phenoxy) is 1. The maximum Gasteiger partial charge on any atom is 0.251 e. The Balaban J connectivity index is 2.84. The van der Waals surface area contributed by atoms with E-state index in [-0.39, 0.29) is 25.2 Å². The average Bonchev–Trinajstić information content (AvgIpc) is 2.32. The molecule has 0 unspecified atom stereocenters. The SMILES string of the molecule is COC[C@](C)(CCO)NC(=O)c1ccc(F)c(F)c1. The second-order valence-electron chi connectivity index (χ2n) is 4.55. The van der Waals surface area contributed by atoms with E-state index in [2.05, 4.69) is 5.32 Å². The zero-order valence-corrected chi connectivity index (χ0v) is 10.9. The van der Waals surface area contributed by atoms with Crippen LogP contribution >= 0.6 is 0 Å². The van der Waals surface area contributed by atoms with E-state index < -0.39 is 23.1 Å². The molecule has 0 aliphatic rings. The lowest BCUT2D eigenvalue weighted by atomic mass is 9.98. The van der Waals surface area contributed by atoms with Gasteiger partial charge in [0.15, 0.2) is 11.6 Å². The lowest BCUT2D eigenvalue weighted by Gasteiger charge is -2.29. The molecule has 0 aromatic heterocycles. The zero-order valence-electron chi connectivity index (χ0n) is 10.9. The number of carbonyl (C=O) groups is 1. The van der Waals surface area contributed by atoms with Crippen molar-refractivity contribution in [1.82, 2.24) is 5.32 Å². The minimum atomic E-state index is -1.08. The number of rotatable bonds is 6. The summed E-state index contributed by atoms with van der Waals surface area (Å²) in [6.45, 7) is 1.77. The fraction of sp³-hybridized carbons (Fsp3) is 0.462. The van der Waals surface area contributed by atoms with Gasteiger partial charge in [0.1, 0.15) is 0 Å². The van der Waals surface area contributed by atoms with Crippen molar-refractivity contribution in [3.63, 3.8) is 0 Å². The van der Waals surface area contributed by atoms with Gasteiger partial charge < -0.3 is 15.2 Å². The van der Waals surface area contributed by atoms with Crippen LogP contribution in [0.4, 0.5) is 8.78 Å². The topological polar surface area (TPSA) is 58.6 Å². The quantitative estimate of drug-likeness (QED) is 0.825. The highest BCUT2D eigenvalue weighted by Crippen LogP contribution is 2.13. The third-order valence-corrected chi connectivity index (χ3v) is 2.72. The number of methoxy groups -OCH3 is 1. The van der Waals surface area contributed by atoms with Crippen molar-refractivity contribution < 1.29 is 23.4 Å². The minimum absolute atomic E-state index is 0.0131. The number of nitrogens with one attached hydrogen (secondary N) is 1. The molecule has 1 aromatic carbocycles. The molecule has 0 fully saturated rings. The van der Waals surface area contributed by atoms with Gasteiger partial charge in [-0.1, -0.05) is 0 Å². The first-order valence-corrected chi connectivity index (χ1v) is 5.79. The molecule has 0 aliphatic carbocycles. The van der Waals surface area contributed by atoms with Gasteiger partial charge in [-0.3, -0.25) is 4.79 Å². The maximum absolute atomic E-state index is 13.0. The Morgan fingerprint density at radius 3 is 2.63 bits per heavy atom. The Morgan fingerprint density at radius 2 is 2.11 bits per heavy atom. The molecule has 1 atom stereocenters. The van der Waals surface area contributed by atoms with Crippen molar-refractivity contribution in [3.05, 3.63) is 35.4 Å². The summed E-state index contributed by atoms with van der Waals surface area (Å²) in [5.74, 6) is -2.64. The number of aliphatic hydroxyl groups excluding tert-OH is 1. The first kappa shape index (κ1) is 15.5. The van der Waals surface area contributed by atoms with Gasteiger partial charge >= 0.3 is 0 Å². The fourth-order valence-corrected chi connectivity index (χ4v) is 1.72. The largest absolute Gasteiger partial charge is 0.396 e. The standard InChI is InChI=1S/C13H17F2NO3/c1-13(5-6-17,8-19-2)16-12(18)9-3-4-10(14)11(15)7-9/h3-4,7,17H,5-6,8H2,1-2H3,(H,16,18)/t13-/m0/s1. The summed E-state index contributed by atoms with van der Waals surface area (Å²) in [4.78, 5) is 11.9. The molecule has 106 valence electrons. The van der Waals surface area contributed by atoms with Gasteiger partial charge in [-0.05, 0) is 31.5 Å². The van der Waals surface area contributed by atoms with Crippen LogP contribution in [0.2, 0.25) is 0 Å². The molecule has 0 radical (unpaired) electrons. The molecule has 4 nitrogen and oxygen atoms in total. The van der Waals surface area contributed by atoms with Crippen molar-refractivity contribution in [3.8, 4) is 0 Å². The lowest BCUT2D eigenvalue weighted by Crippen LogP contribution is -2.50. The van der Waals surface area contributed by atoms with Gasteiger partial charge in [0.25, 0.3) is 5.91 Å². The van der Waals surface area contributed by atoms with Gasteiger partial charge in [-0.25, -0.2) is 8.78 Å². The van der Waals surface area contributed by atoms with E-state index in [4.69, 9.17) is 9.84 Å². The number of hydrogen-bond donors (Lipinski definition) is 2. The van der Waals surface area contributed by atoms with E-state index in [1.54, 1.807) is 6.92 Å². The van der Waals surface area contributed by atoms with Crippen LogP contribution in [0.5, 0.6) is 0 Å². The number of aliphatic hydroxyl groups is 1. The van der Waals surface area contributed by atoms with E-state index in [0.29, 0.717) is 0 Å². The van der Waals surface area contributed by atoms with Crippen LogP contribution in [-0.2, 0) is 4.74 Å². The molecule has 1 rings (SSSR count). The highest BCUT2D eigenvalue weighted by molar-refractivity contribution is 5.94. The lowest BCUT2D eigenvalue weighted by molar-refractivity contribution is 0.0725. The van der Waals surface area contributed by atoms with Gasteiger partial charge in [-0.2, -0.15) is 0 Å². The van der Waals surface area contributed by atoms with Crippen LogP contribution in [0.25, 0.3) is 0 Å². The van der Waals surface area contributed by atoms with E-state index in [1.165, 1.54) is 13.2 Å². The molecule has 2 N–H and O–H groups in total. The first-order valence-electron chi connectivity index (χ1n) is 5.79. The van der Waals surface area contributed by atoms with E-state index in [9.17, 15) is 13.6 Å². The number of amides is 1. The molecule has 6 heteroatoms. The maximum atomic E-state index is 13.0. The Kier molecular flexibility index (Phi) is 5.38. The predicted octanol–water partition coefficient (Wildman–Crippen LogP) is 1.48. The molecule has 0 saturated carbocycles. The average molecular weight is 273 g/mol. The molecular formula is C13H17F2NO3. The summed E-state index contributed by atoms with van der Waals surface area (Å²) in [5, 5.41) is 11.6. The molecule has 0 bridgehead atoms. The third-order valence-electron chi connectivity index (χ3n) is 2.72. The Morgan fingerprint density at radius 1 is 1.42 bits per heavy atom. The minimum Gasteiger partial charge on any atom is -0.396 e. The normalized spacial score (nSPS) is 13.9. The van der Waals surface area contributed by atoms with Crippen molar-refractivity contribution in [2.24, 2.45) is 0 Å². The van der Waals surface area contributed by atoms with Crippen LogP contribution in [0.3, 0.4) is 0 Å². The number of hydrogen-bond acceptors (Lipinski definition) is 3. The van der Waals surface area contributed by atoms with Gasteiger partial charge in [0, 0.05) is 19.3 Å². The van der Waals surface area contributed by atoms with Crippen molar-refractivity contribution in [1.29, 1.82) is 0 Å². The van der Waals surface area contributed by atoms with Gasteiger partial charge in [0.05, 0.1) is 12.1 Å². The van der Waals surface area contributed by atoms with Crippen LogP contribution in [0, 0.1) is 11.6 Å². The second-order valence-corrected chi connectivity index (χ2v) is 4.55. The zero-order chi connectivity index (χ0) is 14.5. The molecule has 0 aliphatic heterocycles.